The van der Waals surface area contributed by atoms with E-state index in [1.807, 2.05) is 64.1 Å². The predicted octanol–water partition coefficient (Wildman–Crippen LogP) is 4.59. The van der Waals surface area contributed by atoms with Gasteiger partial charge in [0.05, 0.1) is 4.90 Å². The fraction of sp³-hybridized carbons (Fsp3) is 0.227. The van der Waals surface area contributed by atoms with Gasteiger partial charge in [0, 0.05) is 18.8 Å². The van der Waals surface area contributed by atoms with Gasteiger partial charge in [0.15, 0.2) is 0 Å². The first-order valence-electron chi connectivity index (χ1n) is 9.03. The Morgan fingerprint density at radius 2 is 1.64 bits per heavy atom. The fourth-order valence-electron chi connectivity index (χ4n) is 3.08. The van der Waals surface area contributed by atoms with Gasteiger partial charge < -0.3 is 4.74 Å². The van der Waals surface area contributed by atoms with Crippen LogP contribution >= 0.6 is 0 Å². The maximum Gasteiger partial charge on any atom is 0.241 e. The topological polar surface area (TPSA) is 68.3 Å². The quantitative estimate of drug-likeness (QED) is 0.662. The average Bonchev–Trinajstić information content (AvgIpc) is 2.66. The van der Waals surface area contributed by atoms with Crippen molar-refractivity contribution < 1.29 is 13.2 Å². The van der Waals surface area contributed by atoms with Crippen molar-refractivity contribution in [1.29, 1.82) is 0 Å². The molecule has 0 unspecified atom stereocenters. The summed E-state index contributed by atoms with van der Waals surface area (Å²) in [5.74, 6) is 1.09. The van der Waals surface area contributed by atoms with E-state index >= 15 is 0 Å². The molecule has 3 aromatic rings. The molecule has 0 fully saturated rings. The summed E-state index contributed by atoms with van der Waals surface area (Å²) in [6.07, 6.45) is 1.65. The third-order valence-electron chi connectivity index (χ3n) is 4.79. The summed E-state index contributed by atoms with van der Waals surface area (Å²) in [6, 6.07) is 14.7. The van der Waals surface area contributed by atoms with Crippen LogP contribution in [0.25, 0.3) is 0 Å². The van der Waals surface area contributed by atoms with Crippen LogP contribution in [0.2, 0.25) is 0 Å². The molecule has 0 saturated carbocycles. The highest BCUT2D eigenvalue weighted by molar-refractivity contribution is 7.89. The summed E-state index contributed by atoms with van der Waals surface area (Å²) in [7, 11) is -3.64. The molecule has 2 aromatic carbocycles. The number of aryl methyl sites for hydroxylation is 2. The molecule has 0 atom stereocenters. The molecule has 6 heteroatoms. The number of pyridine rings is 1. The molecule has 0 radical (unpaired) electrons. The van der Waals surface area contributed by atoms with E-state index in [-0.39, 0.29) is 6.54 Å². The number of nitrogens with zero attached hydrogens (tertiary/aromatic N) is 1. The van der Waals surface area contributed by atoms with Crippen LogP contribution in [0.15, 0.2) is 59.6 Å². The molecule has 5 nitrogen and oxygen atoms in total. The molecule has 0 bridgehead atoms. The van der Waals surface area contributed by atoms with Gasteiger partial charge in [0.25, 0.3) is 0 Å². The van der Waals surface area contributed by atoms with Crippen LogP contribution in [-0.4, -0.2) is 13.4 Å². The minimum Gasteiger partial charge on any atom is -0.439 e. The van der Waals surface area contributed by atoms with E-state index < -0.39 is 10.0 Å². The Morgan fingerprint density at radius 1 is 0.929 bits per heavy atom. The zero-order valence-electron chi connectivity index (χ0n) is 16.5. The van der Waals surface area contributed by atoms with Gasteiger partial charge in [-0.25, -0.2) is 18.1 Å². The standard InChI is InChI=1S/C22H24N2O3S/c1-15-12-16(2)18(4)22(17(15)3)28(25,26)24-14-19-8-7-9-20(13-19)27-21-10-5-6-11-23-21/h5-13,24H,14H2,1-4H3. The van der Waals surface area contributed by atoms with E-state index in [4.69, 9.17) is 4.74 Å². The van der Waals surface area contributed by atoms with Gasteiger partial charge in [-0.05, 0) is 73.7 Å². The van der Waals surface area contributed by atoms with Crippen molar-refractivity contribution in [2.45, 2.75) is 39.1 Å². The second-order valence-electron chi connectivity index (χ2n) is 6.83. The van der Waals surface area contributed by atoms with E-state index in [0.29, 0.717) is 16.5 Å². The number of hydrogen-bond acceptors (Lipinski definition) is 4. The van der Waals surface area contributed by atoms with Crippen LogP contribution in [0.3, 0.4) is 0 Å². The van der Waals surface area contributed by atoms with E-state index in [1.165, 1.54) is 0 Å². The van der Waals surface area contributed by atoms with Crippen molar-refractivity contribution in [1.82, 2.24) is 9.71 Å². The largest absolute Gasteiger partial charge is 0.439 e. The smallest absolute Gasteiger partial charge is 0.241 e. The van der Waals surface area contributed by atoms with Crippen molar-refractivity contribution in [3.8, 4) is 11.6 Å². The number of sulfonamides is 1. The lowest BCUT2D eigenvalue weighted by Crippen LogP contribution is -2.25. The number of nitrogens with one attached hydrogen (secondary N) is 1. The Morgan fingerprint density at radius 3 is 2.29 bits per heavy atom. The molecule has 0 amide bonds. The Bertz CT molecular complexity index is 1070. The maximum absolute atomic E-state index is 13.0. The zero-order valence-corrected chi connectivity index (χ0v) is 17.3. The normalized spacial score (nSPS) is 11.4. The number of ether oxygens (including phenoxy) is 1. The molecule has 0 aliphatic carbocycles. The van der Waals surface area contributed by atoms with Crippen LogP contribution in [0.4, 0.5) is 0 Å². The molecule has 3 rings (SSSR count). The number of aromatic nitrogens is 1. The van der Waals surface area contributed by atoms with Gasteiger partial charge >= 0.3 is 0 Å². The lowest BCUT2D eigenvalue weighted by atomic mass is 10.0. The fourth-order valence-corrected chi connectivity index (χ4v) is 4.71. The second kappa shape index (κ2) is 8.12. The molecule has 0 aliphatic rings. The number of hydrogen-bond donors (Lipinski definition) is 1. The molecule has 0 saturated heterocycles. The van der Waals surface area contributed by atoms with Gasteiger partial charge in [-0.3, -0.25) is 0 Å². The average molecular weight is 397 g/mol. The summed E-state index contributed by atoms with van der Waals surface area (Å²) in [5.41, 5.74) is 4.30. The van der Waals surface area contributed by atoms with E-state index in [9.17, 15) is 8.42 Å². The molecule has 1 aromatic heterocycles. The van der Waals surface area contributed by atoms with E-state index in [1.54, 1.807) is 18.3 Å². The molecule has 1 N–H and O–H groups in total. The molecule has 0 aliphatic heterocycles. The number of benzene rings is 2. The van der Waals surface area contributed by atoms with Gasteiger partial charge in [0.1, 0.15) is 5.75 Å². The first kappa shape index (κ1) is 20.0. The highest BCUT2D eigenvalue weighted by Crippen LogP contribution is 2.26. The van der Waals surface area contributed by atoms with Crippen molar-refractivity contribution >= 4 is 10.0 Å². The van der Waals surface area contributed by atoms with Crippen LogP contribution in [0.5, 0.6) is 11.6 Å². The zero-order chi connectivity index (χ0) is 20.3. The van der Waals surface area contributed by atoms with Crippen LogP contribution in [-0.2, 0) is 16.6 Å². The minimum absolute atomic E-state index is 0.174. The highest BCUT2D eigenvalue weighted by Gasteiger charge is 2.21. The monoisotopic (exact) mass is 396 g/mol. The van der Waals surface area contributed by atoms with Crippen LogP contribution in [0.1, 0.15) is 27.8 Å². The lowest BCUT2D eigenvalue weighted by Gasteiger charge is -2.16. The predicted molar refractivity (Wildman–Crippen MR) is 110 cm³/mol. The third-order valence-corrected chi connectivity index (χ3v) is 6.47. The Labute approximate surface area is 166 Å². The second-order valence-corrected chi connectivity index (χ2v) is 8.54. The highest BCUT2D eigenvalue weighted by atomic mass is 32.2. The summed E-state index contributed by atoms with van der Waals surface area (Å²) >= 11 is 0. The number of rotatable bonds is 6. The Hall–Kier alpha value is -2.70. The van der Waals surface area contributed by atoms with Crippen molar-refractivity contribution in [3.63, 3.8) is 0 Å². The summed E-state index contributed by atoms with van der Waals surface area (Å²) < 4.78 is 34.4. The Balaban J connectivity index is 1.80. The summed E-state index contributed by atoms with van der Waals surface area (Å²) in [4.78, 5) is 4.50. The van der Waals surface area contributed by atoms with Crippen LogP contribution < -0.4 is 9.46 Å². The van der Waals surface area contributed by atoms with Crippen molar-refractivity contribution in [2.24, 2.45) is 0 Å². The molecular formula is C22H24N2O3S. The van der Waals surface area contributed by atoms with Crippen molar-refractivity contribution in [2.75, 3.05) is 0 Å². The summed E-state index contributed by atoms with van der Waals surface area (Å²) in [6.45, 7) is 7.72. The molecule has 1 heterocycles. The first-order chi connectivity index (χ1) is 13.3. The summed E-state index contributed by atoms with van der Waals surface area (Å²) in [5, 5.41) is 0. The van der Waals surface area contributed by atoms with Gasteiger partial charge in [-0.15, -0.1) is 0 Å². The van der Waals surface area contributed by atoms with Crippen LogP contribution in [0, 0.1) is 27.7 Å². The van der Waals surface area contributed by atoms with Gasteiger partial charge in [-0.1, -0.05) is 24.3 Å². The molecule has 28 heavy (non-hydrogen) atoms. The maximum atomic E-state index is 13.0. The first-order valence-corrected chi connectivity index (χ1v) is 10.5. The SMILES string of the molecule is Cc1cc(C)c(C)c(S(=O)(=O)NCc2cccc(Oc3ccccn3)c2)c1C. The van der Waals surface area contributed by atoms with E-state index in [0.717, 1.165) is 27.8 Å². The lowest BCUT2D eigenvalue weighted by molar-refractivity contribution is 0.462. The third kappa shape index (κ3) is 4.40. The molecule has 146 valence electrons. The van der Waals surface area contributed by atoms with Gasteiger partial charge in [-0.2, -0.15) is 0 Å². The molecule has 0 spiro atoms. The van der Waals surface area contributed by atoms with E-state index in [2.05, 4.69) is 9.71 Å². The van der Waals surface area contributed by atoms with Crippen molar-refractivity contribution in [3.05, 3.63) is 82.5 Å². The van der Waals surface area contributed by atoms with Gasteiger partial charge in [0.2, 0.25) is 15.9 Å². The Kier molecular flexibility index (Phi) is 5.82. The minimum atomic E-state index is -3.64. The molecular weight excluding hydrogens is 372 g/mol.